The molecular formula is C21H16F3NO2S. The van der Waals surface area contributed by atoms with E-state index in [2.05, 4.69) is 5.32 Å². The molecule has 1 aliphatic rings. The van der Waals surface area contributed by atoms with Crippen LogP contribution in [0.1, 0.15) is 22.9 Å². The molecule has 1 aromatic heterocycles. The molecule has 0 aliphatic carbocycles. The number of carbonyl (C=O) groups excluding carboxylic acids is 1. The molecule has 7 heteroatoms. The number of carbonyl (C=O) groups is 1. The third-order valence-electron chi connectivity index (χ3n) is 4.81. The van der Waals surface area contributed by atoms with Crippen LogP contribution in [0.3, 0.4) is 0 Å². The van der Waals surface area contributed by atoms with Gasteiger partial charge in [-0.1, -0.05) is 24.3 Å². The summed E-state index contributed by atoms with van der Waals surface area (Å²) in [4.78, 5) is 13.0. The highest BCUT2D eigenvalue weighted by molar-refractivity contribution is 7.10. The molecule has 1 unspecified atom stereocenters. The first-order valence-corrected chi connectivity index (χ1v) is 9.45. The van der Waals surface area contributed by atoms with Gasteiger partial charge in [0.2, 0.25) is 5.91 Å². The zero-order valence-corrected chi connectivity index (χ0v) is 15.7. The van der Waals surface area contributed by atoms with Crippen LogP contribution >= 0.6 is 11.3 Å². The number of fused-ring (bicyclic) bond motifs is 1. The molecule has 0 fully saturated rings. The van der Waals surface area contributed by atoms with Crippen molar-refractivity contribution >= 4 is 22.9 Å². The van der Waals surface area contributed by atoms with Crippen LogP contribution in [0.2, 0.25) is 0 Å². The van der Waals surface area contributed by atoms with E-state index in [4.69, 9.17) is 4.74 Å². The van der Waals surface area contributed by atoms with E-state index in [1.54, 1.807) is 24.3 Å². The lowest BCUT2D eigenvalue weighted by Gasteiger charge is -2.29. The zero-order valence-electron chi connectivity index (χ0n) is 14.8. The van der Waals surface area contributed by atoms with Gasteiger partial charge in [-0.15, -0.1) is 11.3 Å². The van der Waals surface area contributed by atoms with Gasteiger partial charge in [-0.3, -0.25) is 4.79 Å². The number of ether oxygens (including phenoxy) is 1. The lowest BCUT2D eigenvalue weighted by Crippen LogP contribution is -2.27. The maximum absolute atomic E-state index is 13.1. The van der Waals surface area contributed by atoms with Gasteiger partial charge in [-0.05, 0) is 53.8 Å². The van der Waals surface area contributed by atoms with E-state index < -0.39 is 17.3 Å². The van der Waals surface area contributed by atoms with Crippen molar-refractivity contribution in [1.29, 1.82) is 0 Å². The number of alkyl halides is 3. The highest BCUT2D eigenvalue weighted by atomic mass is 32.1. The number of benzene rings is 2. The second-order valence-corrected chi connectivity index (χ2v) is 7.63. The van der Waals surface area contributed by atoms with Crippen LogP contribution in [-0.4, -0.2) is 12.5 Å². The summed E-state index contributed by atoms with van der Waals surface area (Å²) in [7, 11) is 0. The Balaban J connectivity index is 1.87. The third kappa shape index (κ3) is 3.31. The van der Waals surface area contributed by atoms with Gasteiger partial charge >= 0.3 is 6.18 Å². The molecule has 1 N–H and O–H groups in total. The number of hydrogen-bond acceptors (Lipinski definition) is 3. The summed E-state index contributed by atoms with van der Waals surface area (Å²) in [5.74, 6) is -0.270. The Labute approximate surface area is 163 Å². The molecule has 1 atom stereocenters. The van der Waals surface area contributed by atoms with Crippen LogP contribution in [0.5, 0.6) is 0 Å². The molecule has 4 rings (SSSR count). The molecule has 0 bridgehead atoms. The van der Waals surface area contributed by atoms with Crippen molar-refractivity contribution in [2.24, 2.45) is 0 Å². The van der Waals surface area contributed by atoms with Crippen LogP contribution in [0.25, 0.3) is 11.1 Å². The number of nitrogens with one attached hydrogen (secondary N) is 1. The minimum atomic E-state index is -4.41. The topological polar surface area (TPSA) is 38.3 Å². The Morgan fingerprint density at radius 3 is 2.57 bits per heavy atom. The van der Waals surface area contributed by atoms with Gasteiger partial charge in [0.15, 0.2) is 0 Å². The number of amides is 1. The maximum Gasteiger partial charge on any atom is 0.416 e. The van der Waals surface area contributed by atoms with Gasteiger partial charge in [0.05, 0.1) is 5.56 Å². The van der Waals surface area contributed by atoms with Gasteiger partial charge < -0.3 is 10.1 Å². The number of anilines is 1. The van der Waals surface area contributed by atoms with Crippen LogP contribution in [0.4, 0.5) is 18.9 Å². The molecule has 1 amide bonds. The lowest BCUT2D eigenvalue weighted by atomic mass is 9.89. The van der Waals surface area contributed by atoms with E-state index in [1.165, 1.54) is 17.4 Å². The Morgan fingerprint density at radius 1 is 1.07 bits per heavy atom. The summed E-state index contributed by atoms with van der Waals surface area (Å²) in [6.45, 7) is 1.76. The smallest absolute Gasteiger partial charge is 0.355 e. The molecule has 0 spiro atoms. The molecule has 0 saturated carbocycles. The van der Waals surface area contributed by atoms with Crippen molar-refractivity contribution in [3.05, 3.63) is 76.0 Å². The molecule has 28 heavy (non-hydrogen) atoms. The average molecular weight is 403 g/mol. The monoisotopic (exact) mass is 403 g/mol. The van der Waals surface area contributed by atoms with Crippen LogP contribution < -0.4 is 5.32 Å². The highest BCUT2D eigenvalue weighted by Crippen LogP contribution is 2.43. The van der Waals surface area contributed by atoms with Crippen LogP contribution in [-0.2, 0) is 21.3 Å². The van der Waals surface area contributed by atoms with E-state index >= 15 is 0 Å². The first-order chi connectivity index (χ1) is 13.3. The molecule has 3 aromatic rings. The summed E-state index contributed by atoms with van der Waals surface area (Å²) in [6, 6.07) is 14.2. The third-order valence-corrected chi connectivity index (χ3v) is 5.89. The number of halogens is 3. The van der Waals surface area contributed by atoms with Crippen LogP contribution in [0.15, 0.2) is 60.0 Å². The Kier molecular flexibility index (Phi) is 4.51. The molecule has 144 valence electrons. The fourth-order valence-electron chi connectivity index (χ4n) is 3.33. The Hall–Kier alpha value is -2.64. The van der Waals surface area contributed by atoms with Crippen molar-refractivity contribution < 1.29 is 22.7 Å². The largest absolute Gasteiger partial charge is 0.416 e. The summed E-state index contributed by atoms with van der Waals surface area (Å²) >= 11 is 1.50. The molecular weight excluding hydrogens is 387 g/mol. The number of hydrogen-bond donors (Lipinski definition) is 1. The van der Waals surface area contributed by atoms with E-state index in [-0.39, 0.29) is 12.5 Å². The standard InChI is InChI=1S/C21H16F3NO2S/c1-20(18-6-3-9-28-18)16-11-14(7-8-17(16)25-19(26)12-27-20)13-4-2-5-15(10-13)21(22,23)24/h2-11H,12H2,1H3,(H,25,26). The second-order valence-electron chi connectivity index (χ2n) is 6.69. The van der Waals surface area contributed by atoms with Gasteiger partial charge in [0.25, 0.3) is 0 Å². The van der Waals surface area contributed by atoms with Crippen molar-refractivity contribution in [3.8, 4) is 11.1 Å². The first kappa shape index (κ1) is 18.7. The van der Waals surface area contributed by atoms with Gasteiger partial charge in [0.1, 0.15) is 12.2 Å². The number of rotatable bonds is 2. The fraction of sp³-hybridized carbons (Fsp3) is 0.190. The fourth-order valence-corrected chi connectivity index (χ4v) is 4.19. The molecule has 3 nitrogen and oxygen atoms in total. The summed E-state index contributed by atoms with van der Waals surface area (Å²) in [5.41, 5.74) is 0.768. The second kappa shape index (κ2) is 6.76. The summed E-state index contributed by atoms with van der Waals surface area (Å²) in [6.07, 6.45) is -4.41. The SMILES string of the molecule is CC1(c2cccs2)OCC(=O)Nc2ccc(-c3cccc(C(F)(F)F)c3)cc21. The van der Waals surface area contributed by atoms with Gasteiger partial charge in [0, 0.05) is 16.1 Å². The predicted molar refractivity (Wildman–Crippen MR) is 102 cm³/mol. The average Bonchev–Trinajstić information content (AvgIpc) is 3.17. The van der Waals surface area contributed by atoms with Gasteiger partial charge in [-0.25, -0.2) is 0 Å². The molecule has 2 aromatic carbocycles. The minimum Gasteiger partial charge on any atom is -0.355 e. The molecule has 1 aliphatic heterocycles. The van der Waals surface area contributed by atoms with E-state index in [9.17, 15) is 18.0 Å². The Morgan fingerprint density at radius 2 is 1.86 bits per heavy atom. The summed E-state index contributed by atoms with van der Waals surface area (Å²) < 4.78 is 45.3. The van der Waals surface area contributed by atoms with Crippen molar-refractivity contribution in [2.45, 2.75) is 18.7 Å². The molecule has 0 saturated heterocycles. The lowest BCUT2D eigenvalue weighted by molar-refractivity contribution is -0.137. The van der Waals surface area contributed by atoms with Crippen LogP contribution in [0, 0.1) is 0 Å². The van der Waals surface area contributed by atoms with Crippen molar-refractivity contribution in [2.75, 3.05) is 11.9 Å². The minimum absolute atomic E-state index is 0.109. The van der Waals surface area contributed by atoms with Crippen molar-refractivity contribution in [1.82, 2.24) is 0 Å². The summed E-state index contributed by atoms with van der Waals surface area (Å²) in [5, 5.41) is 4.73. The normalized spacial score (nSPS) is 19.6. The molecule has 0 radical (unpaired) electrons. The zero-order chi connectivity index (χ0) is 19.9. The quantitative estimate of drug-likeness (QED) is 0.599. The van der Waals surface area contributed by atoms with E-state index in [0.29, 0.717) is 22.4 Å². The molecule has 2 heterocycles. The van der Waals surface area contributed by atoms with Crippen molar-refractivity contribution in [3.63, 3.8) is 0 Å². The van der Waals surface area contributed by atoms with Gasteiger partial charge in [-0.2, -0.15) is 13.2 Å². The number of thiophene rings is 1. The first-order valence-electron chi connectivity index (χ1n) is 8.57. The van der Waals surface area contributed by atoms with E-state index in [1.807, 2.05) is 24.4 Å². The van der Waals surface area contributed by atoms with E-state index in [0.717, 1.165) is 17.0 Å². The predicted octanol–water partition coefficient (Wildman–Crippen LogP) is 5.67. The maximum atomic E-state index is 13.1. The highest BCUT2D eigenvalue weighted by Gasteiger charge is 2.37. The Bertz CT molecular complexity index is 1030.